The van der Waals surface area contributed by atoms with E-state index in [4.69, 9.17) is 21.4 Å². The lowest BCUT2D eigenvalue weighted by molar-refractivity contribution is -0.114. The molecule has 4 heterocycles. The smallest absolute Gasteiger partial charge is 0.283 e. The minimum absolute atomic E-state index is 0.0582. The predicted molar refractivity (Wildman–Crippen MR) is 118 cm³/mol. The largest absolute Gasteiger partial charge is 0.457 e. The standard InChI is InChI=1S/C21H12ClN5O2S/c22-14-5-1-3-12(9-14)17-7-6-15(29-17)10-16-18(23)27-21(25-19(16)28)30-20(26-27)13-4-2-8-24-11-13/h1-11,23H/b16-10-,23-18?. The van der Waals surface area contributed by atoms with Gasteiger partial charge in [0.05, 0.1) is 5.57 Å². The number of aromatic nitrogens is 1. The molecule has 3 aromatic rings. The number of hydrogen-bond acceptors (Lipinski definition) is 6. The first kappa shape index (κ1) is 18.5. The summed E-state index contributed by atoms with van der Waals surface area (Å²) in [5.74, 6) is 0.469. The Morgan fingerprint density at radius 2 is 2.00 bits per heavy atom. The van der Waals surface area contributed by atoms with E-state index < -0.39 is 5.91 Å². The van der Waals surface area contributed by atoms with Crippen LogP contribution in [0.1, 0.15) is 11.3 Å². The normalized spacial score (nSPS) is 17.2. The highest BCUT2D eigenvalue weighted by atomic mass is 35.5. The summed E-state index contributed by atoms with van der Waals surface area (Å²) in [5, 5.41) is 15.8. The minimum atomic E-state index is -0.512. The maximum atomic E-state index is 12.6. The third-order valence-corrected chi connectivity index (χ3v) is 5.58. The summed E-state index contributed by atoms with van der Waals surface area (Å²) in [6, 6.07) is 14.5. The molecule has 0 spiro atoms. The molecule has 0 fully saturated rings. The summed E-state index contributed by atoms with van der Waals surface area (Å²) in [7, 11) is 0. The van der Waals surface area contributed by atoms with Crippen molar-refractivity contribution >= 4 is 51.4 Å². The first-order valence-electron chi connectivity index (χ1n) is 8.85. The Kier molecular flexibility index (Phi) is 4.57. The monoisotopic (exact) mass is 433 g/mol. The van der Waals surface area contributed by atoms with Gasteiger partial charge in [-0.3, -0.25) is 15.2 Å². The Morgan fingerprint density at radius 1 is 1.13 bits per heavy atom. The number of halogens is 1. The number of thioether (sulfide) groups is 1. The molecule has 1 N–H and O–H groups in total. The molecule has 0 unspecified atom stereocenters. The Hall–Kier alpha value is -3.49. The van der Waals surface area contributed by atoms with E-state index in [0.717, 1.165) is 11.1 Å². The number of furan rings is 1. The summed E-state index contributed by atoms with van der Waals surface area (Å²) in [4.78, 5) is 20.7. The second-order valence-electron chi connectivity index (χ2n) is 6.38. The molecule has 1 amide bonds. The van der Waals surface area contributed by atoms with Crippen molar-refractivity contribution in [1.82, 2.24) is 9.99 Å². The average Bonchev–Trinajstić information content (AvgIpc) is 3.39. The van der Waals surface area contributed by atoms with Crippen LogP contribution in [0, 0.1) is 5.41 Å². The number of pyridine rings is 1. The minimum Gasteiger partial charge on any atom is -0.457 e. The van der Waals surface area contributed by atoms with Crippen LogP contribution < -0.4 is 0 Å². The van der Waals surface area contributed by atoms with Gasteiger partial charge >= 0.3 is 0 Å². The van der Waals surface area contributed by atoms with Crippen LogP contribution in [-0.4, -0.2) is 31.9 Å². The van der Waals surface area contributed by atoms with Crippen LogP contribution in [0.2, 0.25) is 5.02 Å². The maximum absolute atomic E-state index is 12.6. The molecule has 2 aliphatic heterocycles. The molecular weight excluding hydrogens is 422 g/mol. The number of nitrogens with one attached hydrogen (secondary N) is 1. The number of benzene rings is 1. The summed E-state index contributed by atoms with van der Waals surface area (Å²) < 4.78 is 5.83. The molecule has 0 atom stereocenters. The fraction of sp³-hybridized carbons (Fsp3) is 0. The second-order valence-corrected chi connectivity index (χ2v) is 7.77. The first-order chi connectivity index (χ1) is 14.6. The molecule has 0 radical (unpaired) electrons. The summed E-state index contributed by atoms with van der Waals surface area (Å²) in [6.45, 7) is 0. The van der Waals surface area contributed by atoms with Gasteiger partial charge in [-0.1, -0.05) is 23.7 Å². The quantitative estimate of drug-likeness (QED) is 0.606. The van der Waals surface area contributed by atoms with Gasteiger partial charge in [0.2, 0.25) is 5.17 Å². The molecule has 0 saturated heterocycles. The van der Waals surface area contributed by atoms with Gasteiger partial charge in [0.1, 0.15) is 16.6 Å². The van der Waals surface area contributed by atoms with Crippen molar-refractivity contribution in [1.29, 1.82) is 5.41 Å². The van der Waals surface area contributed by atoms with Gasteiger partial charge in [-0.2, -0.15) is 15.1 Å². The highest BCUT2D eigenvalue weighted by Crippen LogP contribution is 2.31. The number of fused-ring (bicyclic) bond motifs is 1. The predicted octanol–water partition coefficient (Wildman–Crippen LogP) is 4.66. The van der Waals surface area contributed by atoms with Crippen LogP contribution in [0.15, 0.2) is 81.0 Å². The Balaban J connectivity index is 1.45. The molecule has 0 saturated carbocycles. The number of amides is 1. The van der Waals surface area contributed by atoms with E-state index in [0.29, 0.717) is 26.8 Å². The molecular formula is C21H12ClN5O2S. The van der Waals surface area contributed by atoms with Gasteiger partial charge in [0.15, 0.2) is 5.84 Å². The number of carbonyl (C=O) groups is 1. The van der Waals surface area contributed by atoms with Crippen molar-refractivity contribution < 1.29 is 9.21 Å². The van der Waals surface area contributed by atoms with Crippen molar-refractivity contribution in [3.63, 3.8) is 0 Å². The van der Waals surface area contributed by atoms with Gasteiger partial charge in [-0.05, 0) is 54.2 Å². The van der Waals surface area contributed by atoms with Crippen molar-refractivity contribution in [2.45, 2.75) is 0 Å². The van der Waals surface area contributed by atoms with E-state index in [9.17, 15) is 4.79 Å². The zero-order chi connectivity index (χ0) is 20.7. The molecule has 5 rings (SSSR count). The highest BCUT2D eigenvalue weighted by Gasteiger charge is 2.36. The maximum Gasteiger partial charge on any atom is 0.283 e. The summed E-state index contributed by atoms with van der Waals surface area (Å²) in [5.41, 5.74) is 1.71. The van der Waals surface area contributed by atoms with Crippen LogP contribution in [-0.2, 0) is 4.79 Å². The van der Waals surface area contributed by atoms with E-state index in [-0.39, 0.29) is 11.4 Å². The molecule has 7 nitrogen and oxygen atoms in total. The van der Waals surface area contributed by atoms with E-state index in [1.807, 2.05) is 18.2 Å². The zero-order valence-corrected chi connectivity index (χ0v) is 16.8. The van der Waals surface area contributed by atoms with Gasteiger partial charge in [-0.25, -0.2) is 0 Å². The molecule has 0 bridgehead atoms. The lowest BCUT2D eigenvalue weighted by Crippen LogP contribution is -2.35. The van der Waals surface area contributed by atoms with Crippen molar-refractivity contribution in [2.24, 2.45) is 10.1 Å². The van der Waals surface area contributed by atoms with Gasteiger partial charge < -0.3 is 4.42 Å². The number of rotatable bonds is 3. The molecule has 0 aliphatic carbocycles. The van der Waals surface area contributed by atoms with Crippen LogP contribution in [0.4, 0.5) is 0 Å². The van der Waals surface area contributed by atoms with E-state index >= 15 is 0 Å². The van der Waals surface area contributed by atoms with E-state index in [1.165, 1.54) is 22.8 Å². The third kappa shape index (κ3) is 3.36. The first-order valence-corrected chi connectivity index (χ1v) is 10.0. The topological polar surface area (TPSA) is 94.9 Å². The number of hydrogen-bond donors (Lipinski definition) is 1. The lowest BCUT2D eigenvalue weighted by atomic mass is 10.1. The highest BCUT2D eigenvalue weighted by molar-refractivity contribution is 8.27. The Morgan fingerprint density at radius 3 is 2.80 bits per heavy atom. The fourth-order valence-corrected chi connectivity index (χ4v) is 4.04. The third-order valence-electron chi connectivity index (χ3n) is 4.39. The van der Waals surface area contributed by atoms with Crippen molar-refractivity contribution in [3.05, 3.63) is 82.8 Å². The number of hydrazone groups is 1. The molecule has 30 heavy (non-hydrogen) atoms. The van der Waals surface area contributed by atoms with Gasteiger partial charge in [0.25, 0.3) is 5.91 Å². The van der Waals surface area contributed by atoms with Crippen LogP contribution >= 0.6 is 23.4 Å². The second kappa shape index (κ2) is 7.40. The molecule has 9 heteroatoms. The number of nitrogens with zero attached hydrogens (tertiary/aromatic N) is 4. The van der Waals surface area contributed by atoms with E-state index in [2.05, 4.69) is 15.1 Å². The van der Waals surface area contributed by atoms with Crippen LogP contribution in [0.3, 0.4) is 0 Å². The summed E-state index contributed by atoms with van der Waals surface area (Å²) >= 11 is 7.27. The molecule has 1 aromatic carbocycles. The van der Waals surface area contributed by atoms with Gasteiger partial charge in [0, 0.05) is 28.5 Å². The lowest BCUT2D eigenvalue weighted by Gasteiger charge is -2.19. The van der Waals surface area contributed by atoms with Crippen molar-refractivity contribution in [2.75, 3.05) is 0 Å². The molecule has 2 aliphatic rings. The average molecular weight is 434 g/mol. The van der Waals surface area contributed by atoms with E-state index in [1.54, 1.807) is 42.7 Å². The fourth-order valence-electron chi connectivity index (χ4n) is 2.97. The van der Waals surface area contributed by atoms with Crippen molar-refractivity contribution in [3.8, 4) is 11.3 Å². The Bertz CT molecular complexity index is 1280. The van der Waals surface area contributed by atoms with Crippen LogP contribution in [0.25, 0.3) is 17.4 Å². The molecule has 146 valence electrons. The number of amidine groups is 2. The molecule has 2 aromatic heterocycles. The van der Waals surface area contributed by atoms with Gasteiger partial charge in [-0.15, -0.1) is 0 Å². The zero-order valence-electron chi connectivity index (χ0n) is 15.2. The number of carbonyl (C=O) groups excluding carboxylic acids is 1. The SMILES string of the molecule is N=C1/C(=C/c2ccc(-c3cccc(Cl)c3)o2)C(=O)N=C2SC(c3cccnc3)=NN12. The van der Waals surface area contributed by atoms with Crippen LogP contribution in [0.5, 0.6) is 0 Å². The number of aliphatic imine (C=N–C) groups is 1. The Labute approximate surface area is 180 Å². The summed E-state index contributed by atoms with van der Waals surface area (Å²) in [6.07, 6.45) is 4.84.